The lowest BCUT2D eigenvalue weighted by atomic mass is 9.99. The summed E-state index contributed by atoms with van der Waals surface area (Å²) in [5.74, 6) is 0.605. The van der Waals surface area contributed by atoms with Crippen molar-refractivity contribution in [3.63, 3.8) is 0 Å². The summed E-state index contributed by atoms with van der Waals surface area (Å²) in [6.07, 6.45) is 1.17. The molecule has 1 saturated heterocycles. The Kier molecular flexibility index (Phi) is 5.22. The van der Waals surface area contributed by atoms with Crippen LogP contribution < -0.4 is 5.73 Å². The summed E-state index contributed by atoms with van der Waals surface area (Å²) >= 11 is 6.33. The number of nitrogens with zero attached hydrogens (tertiary/aromatic N) is 1. The van der Waals surface area contributed by atoms with Gasteiger partial charge in [-0.05, 0) is 37.4 Å². The molecular formula is C15H23ClN2O. The fraction of sp³-hybridized carbons (Fsp3) is 0.600. The number of benzene rings is 1. The number of likely N-dealkylation sites (tertiary alicyclic amines) is 1. The first-order valence-corrected chi connectivity index (χ1v) is 7.24. The molecule has 0 spiro atoms. The Morgan fingerprint density at radius 3 is 2.84 bits per heavy atom. The van der Waals surface area contributed by atoms with Crippen LogP contribution in [0, 0.1) is 5.92 Å². The van der Waals surface area contributed by atoms with Crippen LogP contribution in [-0.4, -0.2) is 37.7 Å². The number of rotatable bonds is 5. The molecule has 3 nitrogen and oxygen atoms in total. The zero-order valence-electron chi connectivity index (χ0n) is 11.7. The number of ether oxygens (including phenoxy) is 1. The zero-order valence-corrected chi connectivity index (χ0v) is 12.4. The monoisotopic (exact) mass is 282 g/mol. The van der Waals surface area contributed by atoms with Gasteiger partial charge in [0.1, 0.15) is 0 Å². The molecule has 19 heavy (non-hydrogen) atoms. The fourth-order valence-electron chi connectivity index (χ4n) is 3.01. The van der Waals surface area contributed by atoms with E-state index in [4.69, 9.17) is 22.1 Å². The minimum Gasteiger partial charge on any atom is -0.384 e. The third-order valence-electron chi connectivity index (χ3n) is 3.83. The molecular weight excluding hydrogens is 260 g/mol. The molecule has 1 aromatic carbocycles. The number of halogens is 1. The molecule has 0 saturated carbocycles. The number of hydrogen-bond acceptors (Lipinski definition) is 3. The highest BCUT2D eigenvalue weighted by Gasteiger charge is 2.32. The van der Waals surface area contributed by atoms with Gasteiger partial charge in [-0.25, -0.2) is 0 Å². The maximum Gasteiger partial charge on any atom is 0.0511 e. The van der Waals surface area contributed by atoms with E-state index in [-0.39, 0.29) is 12.1 Å². The molecule has 0 aromatic heterocycles. The molecule has 106 valence electrons. The Balaban J connectivity index is 2.16. The van der Waals surface area contributed by atoms with Gasteiger partial charge in [-0.1, -0.05) is 29.8 Å². The Bertz CT molecular complexity index is 411. The van der Waals surface area contributed by atoms with Gasteiger partial charge in [-0.3, -0.25) is 4.90 Å². The van der Waals surface area contributed by atoms with Crippen molar-refractivity contribution in [1.82, 2.24) is 4.90 Å². The average molecular weight is 283 g/mol. The summed E-state index contributed by atoms with van der Waals surface area (Å²) < 4.78 is 5.26. The van der Waals surface area contributed by atoms with Crippen molar-refractivity contribution < 1.29 is 4.74 Å². The van der Waals surface area contributed by atoms with Crippen molar-refractivity contribution in [2.45, 2.75) is 25.4 Å². The second kappa shape index (κ2) is 6.71. The topological polar surface area (TPSA) is 38.5 Å². The van der Waals surface area contributed by atoms with E-state index in [1.165, 1.54) is 6.42 Å². The van der Waals surface area contributed by atoms with Crippen molar-refractivity contribution in [1.29, 1.82) is 0 Å². The van der Waals surface area contributed by atoms with E-state index in [0.29, 0.717) is 5.92 Å². The lowest BCUT2D eigenvalue weighted by Gasteiger charge is -2.32. The van der Waals surface area contributed by atoms with Crippen molar-refractivity contribution in [3.8, 4) is 0 Å². The average Bonchev–Trinajstić information content (AvgIpc) is 2.80. The molecule has 0 radical (unpaired) electrons. The van der Waals surface area contributed by atoms with Gasteiger partial charge < -0.3 is 10.5 Å². The molecule has 0 amide bonds. The first-order chi connectivity index (χ1) is 9.13. The van der Waals surface area contributed by atoms with Crippen LogP contribution >= 0.6 is 11.6 Å². The molecule has 1 aromatic rings. The van der Waals surface area contributed by atoms with Crippen molar-refractivity contribution >= 4 is 11.6 Å². The van der Waals surface area contributed by atoms with Gasteiger partial charge >= 0.3 is 0 Å². The van der Waals surface area contributed by atoms with E-state index in [1.807, 2.05) is 18.2 Å². The predicted octanol–water partition coefficient (Wildman–Crippen LogP) is 2.70. The minimum atomic E-state index is 0.0567. The molecule has 3 unspecified atom stereocenters. The van der Waals surface area contributed by atoms with Crippen LogP contribution in [0.3, 0.4) is 0 Å². The molecule has 3 atom stereocenters. The van der Waals surface area contributed by atoms with E-state index in [2.05, 4.69) is 17.9 Å². The van der Waals surface area contributed by atoms with Gasteiger partial charge in [0.05, 0.1) is 12.6 Å². The van der Waals surface area contributed by atoms with Crippen LogP contribution in [0.15, 0.2) is 24.3 Å². The van der Waals surface area contributed by atoms with Gasteiger partial charge in [0.2, 0.25) is 0 Å². The lowest BCUT2D eigenvalue weighted by Crippen LogP contribution is -2.38. The van der Waals surface area contributed by atoms with E-state index in [9.17, 15) is 0 Å². The van der Waals surface area contributed by atoms with Crippen molar-refractivity contribution in [2.24, 2.45) is 11.7 Å². The van der Waals surface area contributed by atoms with Gasteiger partial charge in [0.15, 0.2) is 0 Å². The highest BCUT2D eigenvalue weighted by Crippen LogP contribution is 2.33. The number of nitrogens with two attached hydrogens (primary N) is 1. The van der Waals surface area contributed by atoms with Crippen molar-refractivity contribution in [3.05, 3.63) is 34.9 Å². The largest absolute Gasteiger partial charge is 0.384 e. The zero-order chi connectivity index (χ0) is 13.8. The maximum atomic E-state index is 6.33. The van der Waals surface area contributed by atoms with E-state index in [0.717, 1.165) is 30.3 Å². The highest BCUT2D eigenvalue weighted by molar-refractivity contribution is 6.31. The van der Waals surface area contributed by atoms with Gasteiger partial charge in [-0.2, -0.15) is 0 Å². The summed E-state index contributed by atoms with van der Waals surface area (Å²) in [5.41, 5.74) is 7.34. The predicted molar refractivity (Wildman–Crippen MR) is 79.4 cm³/mol. The quantitative estimate of drug-likeness (QED) is 0.902. The third kappa shape index (κ3) is 3.48. The first-order valence-electron chi connectivity index (χ1n) is 6.86. The Hall–Kier alpha value is -0.610. The van der Waals surface area contributed by atoms with E-state index in [1.54, 1.807) is 7.11 Å². The van der Waals surface area contributed by atoms with Crippen LogP contribution in [0.25, 0.3) is 0 Å². The smallest absolute Gasteiger partial charge is 0.0511 e. The van der Waals surface area contributed by atoms with Crippen LogP contribution in [0.1, 0.15) is 24.9 Å². The normalized spacial score (nSPS) is 23.5. The third-order valence-corrected chi connectivity index (χ3v) is 4.18. The number of methoxy groups -OCH3 is 1. The molecule has 1 fully saturated rings. The maximum absolute atomic E-state index is 6.33. The Morgan fingerprint density at radius 1 is 1.47 bits per heavy atom. The van der Waals surface area contributed by atoms with Gasteiger partial charge in [0, 0.05) is 24.7 Å². The summed E-state index contributed by atoms with van der Waals surface area (Å²) in [6.45, 7) is 4.97. The summed E-state index contributed by atoms with van der Waals surface area (Å²) in [5, 5.41) is 0.806. The minimum absolute atomic E-state index is 0.0567. The second-order valence-corrected chi connectivity index (χ2v) is 5.84. The molecule has 2 N–H and O–H groups in total. The molecule has 2 rings (SSSR count). The van der Waals surface area contributed by atoms with Gasteiger partial charge in [0.25, 0.3) is 0 Å². The lowest BCUT2D eigenvalue weighted by molar-refractivity contribution is 0.143. The summed E-state index contributed by atoms with van der Waals surface area (Å²) in [7, 11) is 1.76. The summed E-state index contributed by atoms with van der Waals surface area (Å²) in [6, 6.07) is 8.26. The SMILES string of the molecule is COCC1CCN(C(c2ccccc2Cl)C(C)N)C1. The standard InChI is InChI=1S/C15H23ClN2O/c1-11(17)15(13-5-3-4-6-14(13)16)18-8-7-12(9-18)10-19-2/h3-6,11-12,15H,7-10,17H2,1-2H3. The van der Waals surface area contributed by atoms with Crippen molar-refractivity contribution in [2.75, 3.05) is 26.8 Å². The highest BCUT2D eigenvalue weighted by atomic mass is 35.5. The van der Waals surface area contributed by atoms with Crippen LogP contribution in [0.4, 0.5) is 0 Å². The van der Waals surface area contributed by atoms with Crippen LogP contribution in [-0.2, 0) is 4.74 Å². The van der Waals surface area contributed by atoms with E-state index >= 15 is 0 Å². The molecule has 1 heterocycles. The molecule has 0 aliphatic carbocycles. The summed E-state index contributed by atoms with van der Waals surface area (Å²) in [4.78, 5) is 2.44. The number of hydrogen-bond donors (Lipinski definition) is 1. The Morgan fingerprint density at radius 2 is 2.21 bits per heavy atom. The molecule has 0 bridgehead atoms. The van der Waals surface area contributed by atoms with Crippen LogP contribution in [0.5, 0.6) is 0 Å². The molecule has 1 aliphatic heterocycles. The molecule has 1 aliphatic rings. The van der Waals surface area contributed by atoms with Gasteiger partial charge in [-0.15, -0.1) is 0 Å². The fourth-order valence-corrected chi connectivity index (χ4v) is 3.26. The van der Waals surface area contributed by atoms with Crippen LogP contribution in [0.2, 0.25) is 5.02 Å². The second-order valence-electron chi connectivity index (χ2n) is 5.43. The Labute approximate surface area is 120 Å². The molecule has 4 heteroatoms. The first kappa shape index (κ1) is 14.8. The van der Waals surface area contributed by atoms with E-state index < -0.39 is 0 Å².